The molecule has 0 aliphatic carbocycles. The van der Waals surface area contributed by atoms with Gasteiger partial charge in [-0.1, -0.05) is 6.07 Å². The van der Waals surface area contributed by atoms with Crippen molar-refractivity contribution in [2.45, 2.75) is 39.3 Å². The van der Waals surface area contributed by atoms with Crippen LogP contribution in [0.4, 0.5) is 5.69 Å². The van der Waals surface area contributed by atoms with Gasteiger partial charge in [-0.05, 0) is 49.9 Å². The number of carbonyl (C=O) groups is 1. The number of hydrogen-bond acceptors (Lipinski definition) is 7. The van der Waals surface area contributed by atoms with Crippen molar-refractivity contribution in [1.29, 1.82) is 5.26 Å². The molecule has 1 fully saturated rings. The van der Waals surface area contributed by atoms with Gasteiger partial charge in [0.25, 0.3) is 0 Å². The average Bonchev–Trinajstić information content (AvgIpc) is 3.60. The van der Waals surface area contributed by atoms with Crippen LogP contribution in [0.15, 0.2) is 36.8 Å². The number of rotatable bonds is 7. The third-order valence-electron chi connectivity index (χ3n) is 6.48. The monoisotopic (exact) mass is 442 g/mol. The van der Waals surface area contributed by atoms with E-state index in [1.807, 2.05) is 30.6 Å². The molecule has 33 heavy (non-hydrogen) atoms. The van der Waals surface area contributed by atoms with Gasteiger partial charge < -0.3 is 15.0 Å². The number of aromatic nitrogens is 3. The summed E-state index contributed by atoms with van der Waals surface area (Å²) in [5, 5.41) is 17.4. The van der Waals surface area contributed by atoms with Gasteiger partial charge in [-0.25, -0.2) is 14.5 Å². The standard InChI is InChI=1S/C25H26N6O2/c1-17-19(4-5-21-22(17)16-33-25(21)32)6-7-27-12-18-13-29-31(15-18)24-10-23(20(11-26)14-28-24)30-8-2-3-9-30/h4-5,10,13-15,27H,2-3,6-9,12,16H2,1H3. The Morgan fingerprint density at radius 3 is 2.91 bits per heavy atom. The molecular formula is C25H26N6O2. The van der Waals surface area contributed by atoms with Crippen molar-refractivity contribution >= 4 is 11.7 Å². The number of hydrogen-bond donors (Lipinski definition) is 1. The van der Waals surface area contributed by atoms with Crippen molar-refractivity contribution < 1.29 is 9.53 Å². The van der Waals surface area contributed by atoms with Crippen LogP contribution in [0.1, 0.15) is 51.0 Å². The van der Waals surface area contributed by atoms with Crippen molar-refractivity contribution in [3.8, 4) is 11.9 Å². The minimum atomic E-state index is -0.223. The molecule has 0 amide bonds. The van der Waals surface area contributed by atoms with E-state index >= 15 is 0 Å². The molecule has 2 aliphatic rings. The fourth-order valence-corrected chi connectivity index (χ4v) is 4.57. The van der Waals surface area contributed by atoms with E-state index in [9.17, 15) is 10.1 Å². The van der Waals surface area contributed by atoms with Gasteiger partial charge in [0.2, 0.25) is 0 Å². The summed E-state index contributed by atoms with van der Waals surface area (Å²) < 4.78 is 6.91. The highest BCUT2D eigenvalue weighted by Crippen LogP contribution is 2.27. The predicted octanol–water partition coefficient (Wildman–Crippen LogP) is 3.05. The quantitative estimate of drug-likeness (QED) is 0.444. The van der Waals surface area contributed by atoms with E-state index < -0.39 is 0 Å². The minimum Gasteiger partial charge on any atom is -0.457 e. The lowest BCUT2D eigenvalue weighted by Gasteiger charge is -2.19. The van der Waals surface area contributed by atoms with E-state index in [2.05, 4.69) is 33.3 Å². The van der Waals surface area contributed by atoms with Gasteiger partial charge in [0.05, 0.1) is 23.0 Å². The summed E-state index contributed by atoms with van der Waals surface area (Å²) in [6.45, 7) is 5.89. The summed E-state index contributed by atoms with van der Waals surface area (Å²) in [4.78, 5) is 18.4. The fourth-order valence-electron chi connectivity index (χ4n) is 4.57. The van der Waals surface area contributed by atoms with E-state index in [0.29, 0.717) is 30.1 Å². The van der Waals surface area contributed by atoms with Crippen LogP contribution in [0.25, 0.3) is 5.82 Å². The van der Waals surface area contributed by atoms with Gasteiger partial charge in [0.15, 0.2) is 5.82 Å². The van der Waals surface area contributed by atoms with Crippen molar-refractivity contribution in [1.82, 2.24) is 20.1 Å². The highest BCUT2D eigenvalue weighted by Gasteiger charge is 2.23. The van der Waals surface area contributed by atoms with E-state index in [0.717, 1.165) is 61.3 Å². The Labute approximate surface area is 192 Å². The Morgan fingerprint density at radius 1 is 1.24 bits per heavy atom. The lowest BCUT2D eigenvalue weighted by atomic mass is 9.97. The van der Waals surface area contributed by atoms with E-state index in [1.54, 1.807) is 10.9 Å². The molecule has 2 aromatic heterocycles. The number of esters is 1. The third kappa shape index (κ3) is 4.20. The zero-order chi connectivity index (χ0) is 22.8. The number of nitrogens with one attached hydrogen (secondary N) is 1. The summed E-state index contributed by atoms with van der Waals surface area (Å²) in [6.07, 6.45) is 8.62. The second-order valence-electron chi connectivity index (χ2n) is 8.54. The number of fused-ring (bicyclic) bond motifs is 1. The molecular weight excluding hydrogens is 416 g/mol. The van der Waals surface area contributed by atoms with Gasteiger partial charge in [-0.15, -0.1) is 0 Å². The molecule has 0 spiro atoms. The molecule has 1 aromatic carbocycles. The number of nitrogens with zero attached hydrogens (tertiary/aromatic N) is 5. The Kier molecular flexibility index (Phi) is 5.80. The van der Waals surface area contributed by atoms with Gasteiger partial charge in [0, 0.05) is 49.2 Å². The fraction of sp³-hybridized carbons (Fsp3) is 0.360. The van der Waals surface area contributed by atoms with Crippen LogP contribution in [0.5, 0.6) is 0 Å². The first kappa shape index (κ1) is 21.2. The van der Waals surface area contributed by atoms with E-state index in [4.69, 9.17) is 4.74 Å². The van der Waals surface area contributed by atoms with Crippen LogP contribution in [0.3, 0.4) is 0 Å². The summed E-state index contributed by atoms with van der Waals surface area (Å²) in [5.74, 6) is 0.492. The van der Waals surface area contributed by atoms with Crippen LogP contribution in [0, 0.1) is 18.3 Å². The average molecular weight is 443 g/mol. The number of pyridine rings is 1. The molecule has 8 nitrogen and oxygen atoms in total. The van der Waals surface area contributed by atoms with Crippen LogP contribution < -0.4 is 10.2 Å². The molecule has 0 saturated carbocycles. The second kappa shape index (κ2) is 9.04. The topological polar surface area (TPSA) is 96.1 Å². The first-order valence-corrected chi connectivity index (χ1v) is 11.3. The predicted molar refractivity (Wildman–Crippen MR) is 123 cm³/mol. The zero-order valence-electron chi connectivity index (χ0n) is 18.7. The highest BCUT2D eigenvalue weighted by molar-refractivity contribution is 5.93. The Morgan fingerprint density at radius 2 is 2.09 bits per heavy atom. The van der Waals surface area contributed by atoms with Crippen molar-refractivity contribution in [3.05, 3.63) is 70.2 Å². The Balaban J connectivity index is 1.20. The number of cyclic esters (lactones) is 1. The maximum Gasteiger partial charge on any atom is 0.338 e. The van der Waals surface area contributed by atoms with Gasteiger partial charge in [0.1, 0.15) is 12.7 Å². The molecule has 1 N–H and O–H groups in total. The second-order valence-corrected chi connectivity index (χ2v) is 8.54. The number of anilines is 1. The van der Waals surface area contributed by atoms with Gasteiger partial charge in [-0.2, -0.15) is 10.4 Å². The minimum absolute atomic E-state index is 0.223. The maximum atomic E-state index is 11.7. The van der Waals surface area contributed by atoms with E-state index in [1.165, 1.54) is 5.56 Å². The summed E-state index contributed by atoms with van der Waals surface area (Å²) in [5.41, 5.74) is 6.69. The number of ether oxygens (including phenoxy) is 1. The Bertz CT molecular complexity index is 1240. The van der Waals surface area contributed by atoms with Crippen molar-refractivity contribution in [3.63, 3.8) is 0 Å². The molecule has 5 rings (SSSR count). The van der Waals surface area contributed by atoms with Gasteiger partial charge in [-0.3, -0.25) is 0 Å². The molecule has 0 atom stereocenters. The molecule has 8 heteroatoms. The SMILES string of the molecule is Cc1c(CCNCc2cnn(-c3cc(N4CCCC4)c(C#N)cn3)c2)ccc2c1COC2=O. The van der Waals surface area contributed by atoms with Crippen LogP contribution in [-0.2, 0) is 24.3 Å². The zero-order valence-corrected chi connectivity index (χ0v) is 18.7. The molecule has 2 aliphatic heterocycles. The van der Waals surface area contributed by atoms with Crippen molar-refractivity contribution in [2.24, 2.45) is 0 Å². The number of benzene rings is 1. The lowest BCUT2D eigenvalue weighted by Crippen LogP contribution is -2.19. The summed E-state index contributed by atoms with van der Waals surface area (Å²) >= 11 is 0. The number of nitriles is 1. The molecule has 4 heterocycles. The first-order chi connectivity index (χ1) is 16.1. The number of carbonyl (C=O) groups excluding carboxylic acids is 1. The molecule has 0 bridgehead atoms. The molecule has 3 aromatic rings. The van der Waals surface area contributed by atoms with Crippen molar-refractivity contribution in [2.75, 3.05) is 24.5 Å². The smallest absolute Gasteiger partial charge is 0.338 e. The highest BCUT2D eigenvalue weighted by atomic mass is 16.5. The molecule has 0 unspecified atom stereocenters. The molecule has 1 saturated heterocycles. The van der Waals surface area contributed by atoms with Crippen LogP contribution in [0.2, 0.25) is 0 Å². The lowest BCUT2D eigenvalue weighted by molar-refractivity contribution is 0.0535. The van der Waals surface area contributed by atoms with E-state index in [-0.39, 0.29) is 5.97 Å². The first-order valence-electron chi connectivity index (χ1n) is 11.3. The maximum absolute atomic E-state index is 11.7. The summed E-state index contributed by atoms with van der Waals surface area (Å²) in [7, 11) is 0. The Hall–Kier alpha value is -3.70. The normalized spacial score (nSPS) is 14.9. The van der Waals surface area contributed by atoms with Crippen LogP contribution in [-0.4, -0.2) is 40.4 Å². The summed E-state index contributed by atoms with van der Waals surface area (Å²) in [6, 6.07) is 8.11. The van der Waals surface area contributed by atoms with Crippen LogP contribution >= 0.6 is 0 Å². The van der Waals surface area contributed by atoms with Gasteiger partial charge >= 0.3 is 5.97 Å². The third-order valence-corrected chi connectivity index (χ3v) is 6.48. The largest absolute Gasteiger partial charge is 0.457 e. The molecule has 168 valence electrons. The molecule has 0 radical (unpaired) electrons.